The van der Waals surface area contributed by atoms with Crippen molar-refractivity contribution in [2.24, 2.45) is 0 Å². The molecule has 3 aromatic carbocycles. The Kier molecular flexibility index (Phi) is 9.73. The van der Waals surface area contributed by atoms with Gasteiger partial charge in [0.25, 0.3) is 0 Å². The summed E-state index contributed by atoms with van der Waals surface area (Å²) in [5.41, 5.74) is 2.89. The molecule has 0 aliphatic rings. The summed E-state index contributed by atoms with van der Waals surface area (Å²) >= 11 is 9.78. The first kappa shape index (κ1) is 26.0. The van der Waals surface area contributed by atoms with E-state index in [1.165, 1.54) is 0 Å². The lowest BCUT2D eigenvalue weighted by atomic mass is 10.0. The standard InChI is InChI=1S/C28H30BrClN2O2/c1-20(2)31-28(34)26(18-21-8-4-3-5-9-21)32(19-22-12-15-24(29)16-13-22)27(33)17-14-23-10-6-7-11-25(23)30/h3-13,15-16,20,26H,14,17-19H2,1-2H3,(H,31,34). The van der Waals surface area contributed by atoms with Crippen molar-refractivity contribution >= 4 is 39.3 Å². The van der Waals surface area contributed by atoms with Crippen molar-refractivity contribution < 1.29 is 9.59 Å². The van der Waals surface area contributed by atoms with Crippen molar-refractivity contribution in [3.63, 3.8) is 0 Å². The third kappa shape index (κ3) is 7.71. The maximum Gasteiger partial charge on any atom is 0.243 e. The molecule has 0 spiro atoms. The van der Waals surface area contributed by atoms with E-state index in [0.29, 0.717) is 24.4 Å². The minimum atomic E-state index is -0.632. The Morgan fingerprint density at radius 2 is 1.56 bits per heavy atom. The molecule has 1 atom stereocenters. The minimum absolute atomic E-state index is 0.0291. The average molecular weight is 542 g/mol. The Labute approximate surface area is 215 Å². The van der Waals surface area contributed by atoms with E-state index in [1.54, 1.807) is 4.90 Å². The first-order valence-corrected chi connectivity index (χ1v) is 12.6. The van der Waals surface area contributed by atoms with Crippen LogP contribution in [-0.2, 0) is 29.0 Å². The monoisotopic (exact) mass is 540 g/mol. The number of nitrogens with zero attached hydrogens (tertiary/aromatic N) is 1. The zero-order valence-corrected chi connectivity index (χ0v) is 21.9. The molecule has 4 nitrogen and oxygen atoms in total. The van der Waals surface area contributed by atoms with Gasteiger partial charge in [-0.25, -0.2) is 0 Å². The Hall–Kier alpha value is -2.63. The van der Waals surface area contributed by atoms with Crippen LogP contribution in [0.5, 0.6) is 0 Å². The number of aryl methyl sites for hydroxylation is 1. The van der Waals surface area contributed by atoms with Crippen LogP contribution in [0.25, 0.3) is 0 Å². The highest BCUT2D eigenvalue weighted by Crippen LogP contribution is 2.21. The van der Waals surface area contributed by atoms with Crippen LogP contribution in [0.4, 0.5) is 0 Å². The maximum atomic E-state index is 13.6. The lowest BCUT2D eigenvalue weighted by Gasteiger charge is -2.32. The summed E-state index contributed by atoms with van der Waals surface area (Å²) in [6.45, 7) is 4.20. The number of benzene rings is 3. The molecule has 1 unspecified atom stereocenters. The Bertz CT molecular complexity index is 1090. The van der Waals surface area contributed by atoms with Crippen molar-refractivity contribution in [1.29, 1.82) is 0 Å². The number of carbonyl (C=O) groups is 2. The highest BCUT2D eigenvalue weighted by molar-refractivity contribution is 9.10. The average Bonchev–Trinajstić information content (AvgIpc) is 2.82. The van der Waals surface area contributed by atoms with Crippen LogP contribution in [0.15, 0.2) is 83.3 Å². The van der Waals surface area contributed by atoms with Crippen molar-refractivity contribution in [2.45, 2.75) is 51.7 Å². The summed E-state index contributed by atoms with van der Waals surface area (Å²) in [5, 5.41) is 3.66. The Balaban J connectivity index is 1.91. The molecule has 0 aliphatic carbocycles. The number of carbonyl (C=O) groups excluding carboxylic acids is 2. The zero-order valence-electron chi connectivity index (χ0n) is 19.5. The fraction of sp³-hybridized carbons (Fsp3) is 0.286. The lowest BCUT2D eigenvalue weighted by Crippen LogP contribution is -2.51. The van der Waals surface area contributed by atoms with Crippen LogP contribution >= 0.6 is 27.5 Å². The number of halogens is 2. The third-order valence-electron chi connectivity index (χ3n) is 5.53. The second-order valence-electron chi connectivity index (χ2n) is 8.61. The molecule has 0 radical (unpaired) electrons. The summed E-state index contributed by atoms with van der Waals surface area (Å²) in [6.07, 6.45) is 1.22. The summed E-state index contributed by atoms with van der Waals surface area (Å²) in [7, 11) is 0. The van der Waals surface area contributed by atoms with Gasteiger partial charge in [-0.05, 0) is 55.2 Å². The molecule has 0 bridgehead atoms. The topological polar surface area (TPSA) is 49.4 Å². The van der Waals surface area contributed by atoms with Gasteiger partial charge in [-0.1, -0.05) is 88.2 Å². The Morgan fingerprint density at radius 1 is 0.912 bits per heavy atom. The number of hydrogen-bond donors (Lipinski definition) is 1. The minimum Gasteiger partial charge on any atom is -0.352 e. The molecule has 0 aliphatic heterocycles. The molecule has 3 rings (SSSR count). The summed E-state index contributed by atoms with van der Waals surface area (Å²) in [5.74, 6) is -0.232. The van der Waals surface area contributed by atoms with Gasteiger partial charge in [-0.2, -0.15) is 0 Å². The highest BCUT2D eigenvalue weighted by atomic mass is 79.9. The first-order chi connectivity index (χ1) is 16.3. The van der Waals surface area contributed by atoms with Crippen LogP contribution in [0.1, 0.15) is 37.0 Å². The van der Waals surface area contributed by atoms with Crippen LogP contribution in [0.3, 0.4) is 0 Å². The lowest BCUT2D eigenvalue weighted by molar-refractivity contribution is -0.141. The van der Waals surface area contributed by atoms with E-state index in [1.807, 2.05) is 92.7 Å². The Morgan fingerprint density at radius 3 is 2.21 bits per heavy atom. The summed E-state index contributed by atoms with van der Waals surface area (Å²) in [6, 6.07) is 24.5. The molecule has 34 heavy (non-hydrogen) atoms. The van der Waals surface area contributed by atoms with Crippen LogP contribution in [0.2, 0.25) is 5.02 Å². The SMILES string of the molecule is CC(C)NC(=O)C(Cc1ccccc1)N(Cc1ccc(Br)cc1)C(=O)CCc1ccccc1Cl. The van der Waals surface area contributed by atoms with E-state index in [2.05, 4.69) is 21.2 Å². The normalized spacial score (nSPS) is 11.8. The molecule has 0 aromatic heterocycles. The van der Waals surface area contributed by atoms with E-state index in [4.69, 9.17) is 11.6 Å². The van der Waals surface area contributed by atoms with E-state index in [9.17, 15) is 9.59 Å². The second-order valence-corrected chi connectivity index (χ2v) is 9.93. The number of hydrogen-bond acceptors (Lipinski definition) is 2. The fourth-order valence-electron chi connectivity index (χ4n) is 3.81. The molecule has 0 saturated heterocycles. The van der Waals surface area contributed by atoms with E-state index in [0.717, 1.165) is 21.2 Å². The molecular formula is C28H30BrClN2O2. The summed E-state index contributed by atoms with van der Waals surface area (Å²) < 4.78 is 0.964. The first-order valence-electron chi connectivity index (χ1n) is 11.4. The molecule has 3 aromatic rings. The maximum absolute atomic E-state index is 13.6. The zero-order chi connectivity index (χ0) is 24.5. The molecule has 0 saturated carbocycles. The van der Waals surface area contributed by atoms with Gasteiger partial charge in [-0.3, -0.25) is 9.59 Å². The fourth-order valence-corrected chi connectivity index (χ4v) is 4.30. The quantitative estimate of drug-likeness (QED) is 0.332. The van der Waals surface area contributed by atoms with Crippen molar-refractivity contribution in [1.82, 2.24) is 10.2 Å². The van der Waals surface area contributed by atoms with Gasteiger partial charge in [0.15, 0.2) is 0 Å². The van der Waals surface area contributed by atoms with E-state index < -0.39 is 6.04 Å². The summed E-state index contributed by atoms with van der Waals surface area (Å²) in [4.78, 5) is 28.7. The third-order valence-corrected chi connectivity index (χ3v) is 6.43. The molecule has 1 N–H and O–H groups in total. The van der Waals surface area contributed by atoms with Gasteiger partial charge in [0.05, 0.1) is 0 Å². The number of amides is 2. The van der Waals surface area contributed by atoms with Gasteiger partial charge in [0, 0.05) is 34.9 Å². The predicted molar refractivity (Wildman–Crippen MR) is 142 cm³/mol. The van der Waals surface area contributed by atoms with Crippen LogP contribution in [-0.4, -0.2) is 28.8 Å². The van der Waals surface area contributed by atoms with Gasteiger partial charge in [-0.15, -0.1) is 0 Å². The van der Waals surface area contributed by atoms with Gasteiger partial charge < -0.3 is 10.2 Å². The van der Waals surface area contributed by atoms with Crippen molar-refractivity contribution in [2.75, 3.05) is 0 Å². The predicted octanol–water partition coefficient (Wildman–Crippen LogP) is 6.20. The van der Waals surface area contributed by atoms with Crippen molar-refractivity contribution in [3.05, 3.63) is 105 Å². The van der Waals surface area contributed by atoms with Gasteiger partial charge >= 0.3 is 0 Å². The van der Waals surface area contributed by atoms with Gasteiger partial charge in [0.1, 0.15) is 6.04 Å². The molecular weight excluding hydrogens is 512 g/mol. The second kappa shape index (κ2) is 12.7. The number of rotatable bonds is 10. The molecule has 178 valence electrons. The highest BCUT2D eigenvalue weighted by Gasteiger charge is 2.30. The smallest absolute Gasteiger partial charge is 0.243 e. The number of nitrogens with one attached hydrogen (secondary N) is 1. The molecule has 2 amide bonds. The van der Waals surface area contributed by atoms with E-state index in [-0.39, 0.29) is 24.3 Å². The molecule has 0 heterocycles. The molecule has 0 fully saturated rings. The van der Waals surface area contributed by atoms with Gasteiger partial charge in [0.2, 0.25) is 11.8 Å². The van der Waals surface area contributed by atoms with Crippen molar-refractivity contribution in [3.8, 4) is 0 Å². The van der Waals surface area contributed by atoms with Crippen LogP contribution in [0, 0.1) is 0 Å². The largest absolute Gasteiger partial charge is 0.352 e. The van der Waals surface area contributed by atoms with E-state index >= 15 is 0 Å². The van der Waals surface area contributed by atoms with Crippen LogP contribution < -0.4 is 5.32 Å². The molecule has 6 heteroatoms.